The number of fused-ring (bicyclic) bond motifs is 1. The van der Waals surface area contributed by atoms with Crippen LogP contribution in [0.5, 0.6) is 5.75 Å². The molecule has 19 heavy (non-hydrogen) atoms. The molecule has 1 aromatic carbocycles. The second-order valence-corrected chi connectivity index (χ2v) is 6.08. The van der Waals surface area contributed by atoms with E-state index in [1.54, 1.807) is 0 Å². The summed E-state index contributed by atoms with van der Waals surface area (Å²) >= 11 is 0. The zero-order chi connectivity index (χ0) is 14.2. The number of nitrogens with one attached hydrogen (secondary N) is 1. The SMILES string of the molecule is COc1ccc2c(c1)S(=O)(=O)C(CC(=O)O)C(=O)N2. The number of benzene rings is 1. The Bertz CT molecular complexity index is 651. The van der Waals surface area contributed by atoms with Crippen LogP contribution >= 0.6 is 0 Å². The van der Waals surface area contributed by atoms with Crippen LogP contribution in [0.2, 0.25) is 0 Å². The maximum Gasteiger partial charge on any atom is 0.305 e. The minimum atomic E-state index is -4.03. The number of rotatable bonds is 3. The molecule has 1 aliphatic heterocycles. The molecule has 0 saturated heterocycles. The predicted octanol–water partition coefficient (Wildman–Crippen LogP) is 0.264. The largest absolute Gasteiger partial charge is 0.497 e. The molecule has 1 heterocycles. The first-order valence-electron chi connectivity index (χ1n) is 5.31. The molecule has 0 bridgehead atoms. The minimum absolute atomic E-state index is 0.127. The molecule has 1 aliphatic rings. The molecule has 0 aromatic heterocycles. The molecule has 0 aliphatic carbocycles. The van der Waals surface area contributed by atoms with Crippen molar-refractivity contribution in [3.63, 3.8) is 0 Å². The van der Waals surface area contributed by atoms with Gasteiger partial charge in [-0.2, -0.15) is 0 Å². The lowest BCUT2D eigenvalue weighted by Crippen LogP contribution is -2.41. The molecule has 0 fully saturated rings. The lowest BCUT2D eigenvalue weighted by molar-refractivity contribution is -0.138. The zero-order valence-electron chi connectivity index (χ0n) is 9.91. The quantitative estimate of drug-likeness (QED) is 0.824. The summed E-state index contributed by atoms with van der Waals surface area (Å²) in [7, 11) is -2.65. The monoisotopic (exact) mass is 285 g/mol. The van der Waals surface area contributed by atoms with Crippen molar-refractivity contribution in [2.24, 2.45) is 0 Å². The summed E-state index contributed by atoms with van der Waals surface area (Å²) in [6, 6.07) is 4.17. The Balaban J connectivity index is 2.56. The van der Waals surface area contributed by atoms with Gasteiger partial charge in [-0.15, -0.1) is 0 Å². The summed E-state index contributed by atoms with van der Waals surface area (Å²) in [4.78, 5) is 22.2. The van der Waals surface area contributed by atoms with Crippen LogP contribution in [0, 0.1) is 0 Å². The Labute approximate surface area is 109 Å². The molecular weight excluding hydrogens is 274 g/mol. The molecule has 7 nitrogen and oxygen atoms in total. The number of carboxylic acid groups (broad SMARTS) is 1. The first-order chi connectivity index (χ1) is 8.86. The topological polar surface area (TPSA) is 110 Å². The van der Waals surface area contributed by atoms with E-state index < -0.39 is 33.4 Å². The number of carbonyl (C=O) groups is 2. The number of amides is 1. The minimum Gasteiger partial charge on any atom is -0.497 e. The summed E-state index contributed by atoms with van der Waals surface area (Å²) < 4.78 is 29.4. The molecule has 1 unspecified atom stereocenters. The van der Waals surface area contributed by atoms with Gasteiger partial charge in [0, 0.05) is 6.07 Å². The van der Waals surface area contributed by atoms with Crippen molar-refractivity contribution in [2.45, 2.75) is 16.6 Å². The molecule has 2 N–H and O–H groups in total. The van der Waals surface area contributed by atoms with Gasteiger partial charge in [0.1, 0.15) is 5.75 Å². The third-order valence-corrected chi connectivity index (χ3v) is 4.86. The van der Waals surface area contributed by atoms with Crippen molar-refractivity contribution in [2.75, 3.05) is 12.4 Å². The van der Waals surface area contributed by atoms with E-state index in [-0.39, 0.29) is 10.6 Å². The van der Waals surface area contributed by atoms with E-state index in [0.29, 0.717) is 5.75 Å². The normalized spacial score (nSPS) is 20.3. The number of ether oxygens (including phenoxy) is 1. The average molecular weight is 285 g/mol. The van der Waals surface area contributed by atoms with Gasteiger partial charge in [-0.25, -0.2) is 8.42 Å². The van der Waals surface area contributed by atoms with E-state index >= 15 is 0 Å². The van der Waals surface area contributed by atoms with E-state index in [0.717, 1.165) is 0 Å². The fraction of sp³-hybridized carbons (Fsp3) is 0.273. The van der Waals surface area contributed by atoms with Crippen LogP contribution < -0.4 is 10.1 Å². The van der Waals surface area contributed by atoms with E-state index in [1.165, 1.54) is 25.3 Å². The number of methoxy groups -OCH3 is 1. The smallest absolute Gasteiger partial charge is 0.305 e. The van der Waals surface area contributed by atoms with Crippen LogP contribution in [0.25, 0.3) is 0 Å². The van der Waals surface area contributed by atoms with Crippen molar-refractivity contribution in [1.29, 1.82) is 0 Å². The van der Waals surface area contributed by atoms with Gasteiger partial charge in [0.2, 0.25) is 5.91 Å². The molecule has 1 aromatic rings. The molecule has 8 heteroatoms. The van der Waals surface area contributed by atoms with E-state index in [1.807, 2.05) is 0 Å². The molecular formula is C11H11NO6S. The maximum absolute atomic E-state index is 12.2. The van der Waals surface area contributed by atoms with E-state index in [9.17, 15) is 18.0 Å². The summed E-state index contributed by atoms with van der Waals surface area (Å²) in [5, 5.41) is 9.46. The van der Waals surface area contributed by atoms with Gasteiger partial charge in [-0.1, -0.05) is 0 Å². The number of carbonyl (C=O) groups excluding carboxylic acids is 1. The van der Waals surface area contributed by atoms with Gasteiger partial charge in [-0.3, -0.25) is 9.59 Å². The van der Waals surface area contributed by atoms with Crippen LogP contribution in [-0.2, 0) is 19.4 Å². The standard InChI is InChI=1S/C11H11NO6S/c1-18-6-2-3-7-8(4-6)19(16,17)9(5-10(13)14)11(15)12-7/h2-4,9H,5H2,1H3,(H,12,15)(H,13,14). The highest BCUT2D eigenvalue weighted by Crippen LogP contribution is 2.34. The Hall–Kier alpha value is -2.09. The first-order valence-corrected chi connectivity index (χ1v) is 6.85. The lowest BCUT2D eigenvalue weighted by Gasteiger charge is -2.24. The summed E-state index contributed by atoms with van der Waals surface area (Å²) in [5.74, 6) is -1.87. The molecule has 102 valence electrons. The van der Waals surface area contributed by atoms with Gasteiger partial charge in [-0.05, 0) is 12.1 Å². The average Bonchev–Trinajstić information content (AvgIpc) is 2.34. The summed E-state index contributed by atoms with van der Waals surface area (Å²) in [6.07, 6.45) is -0.773. The third kappa shape index (κ3) is 2.26. The van der Waals surface area contributed by atoms with Crippen LogP contribution in [0.3, 0.4) is 0 Å². The molecule has 1 amide bonds. The second kappa shape index (κ2) is 4.54. The van der Waals surface area contributed by atoms with Crippen molar-refractivity contribution in [1.82, 2.24) is 0 Å². The predicted molar refractivity (Wildman–Crippen MR) is 64.9 cm³/mol. The van der Waals surface area contributed by atoms with Gasteiger partial charge in [0.25, 0.3) is 0 Å². The number of sulfone groups is 1. The van der Waals surface area contributed by atoms with Crippen molar-refractivity contribution < 1.29 is 27.9 Å². The fourth-order valence-corrected chi connectivity index (χ4v) is 3.55. The van der Waals surface area contributed by atoms with Crippen LogP contribution in [0.4, 0.5) is 5.69 Å². The molecule has 0 saturated carbocycles. The zero-order valence-corrected chi connectivity index (χ0v) is 10.7. The maximum atomic E-state index is 12.2. The van der Waals surface area contributed by atoms with Gasteiger partial charge < -0.3 is 15.2 Å². The summed E-state index contributed by atoms with van der Waals surface area (Å²) in [5.41, 5.74) is 0.132. The summed E-state index contributed by atoms with van der Waals surface area (Å²) in [6.45, 7) is 0. The van der Waals surface area contributed by atoms with Gasteiger partial charge >= 0.3 is 5.97 Å². The first kappa shape index (κ1) is 13.3. The molecule has 1 atom stereocenters. The third-order valence-electron chi connectivity index (χ3n) is 2.78. The Morgan fingerprint density at radius 3 is 2.74 bits per heavy atom. The van der Waals surface area contributed by atoms with Gasteiger partial charge in [0.05, 0.1) is 24.1 Å². The van der Waals surface area contributed by atoms with Crippen LogP contribution in [0.15, 0.2) is 23.1 Å². The number of hydrogen-bond donors (Lipinski definition) is 2. The fourth-order valence-electron chi connectivity index (χ4n) is 1.84. The van der Waals surface area contributed by atoms with Crippen LogP contribution in [0.1, 0.15) is 6.42 Å². The van der Waals surface area contributed by atoms with E-state index in [4.69, 9.17) is 9.84 Å². The van der Waals surface area contributed by atoms with E-state index in [2.05, 4.69) is 5.32 Å². The number of carboxylic acids is 1. The highest BCUT2D eigenvalue weighted by atomic mass is 32.2. The van der Waals surface area contributed by atoms with Gasteiger partial charge in [0.15, 0.2) is 15.1 Å². The number of anilines is 1. The molecule has 0 spiro atoms. The second-order valence-electron chi connectivity index (χ2n) is 3.98. The Kier molecular flexibility index (Phi) is 3.19. The molecule has 0 radical (unpaired) electrons. The lowest BCUT2D eigenvalue weighted by atomic mass is 10.2. The number of hydrogen-bond acceptors (Lipinski definition) is 5. The molecule has 2 rings (SSSR count). The highest BCUT2D eigenvalue weighted by Gasteiger charge is 2.41. The van der Waals surface area contributed by atoms with Crippen LogP contribution in [-0.4, -0.2) is 37.8 Å². The van der Waals surface area contributed by atoms with Crippen molar-refractivity contribution in [3.8, 4) is 5.75 Å². The number of aliphatic carboxylic acids is 1. The Morgan fingerprint density at radius 1 is 1.47 bits per heavy atom. The van der Waals surface area contributed by atoms with Crippen molar-refractivity contribution >= 4 is 27.4 Å². The highest BCUT2D eigenvalue weighted by molar-refractivity contribution is 7.93. The Morgan fingerprint density at radius 2 is 2.16 bits per heavy atom. The van der Waals surface area contributed by atoms with Crippen molar-refractivity contribution in [3.05, 3.63) is 18.2 Å².